The number of nitrogens with zero attached hydrogens (tertiary/aromatic N) is 3. The van der Waals surface area contributed by atoms with Gasteiger partial charge in [-0.25, -0.2) is 4.79 Å². The van der Waals surface area contributed by atoms with E-state index in [1.165, 1.54) is 6.20 Å². The van der Waals surface area contributed by atoms with Crippen molar-refractivity contribution in [3.05, 3.63) is 59.0 Å². The van der Waals surface area contributed by atoms with Gasteiger partial charge in [0.2, 0.25) is 0 Å². The molecule has 0 atom stereocenters. The van der Waals surface area contributed by atoms with Gasteiger partial charge in [0.1, 0.15) is 12.4 Å². The van der Waals surface area contributed by atoms with E-state index >= 15 is 0 Å². The Hall–Kier alpha value is -3.64. The molecule has 0 unspecified atom stereocenters. The Morgan fingerprint density at radius 3 is 2.44 bits per heavy atom. The van der Waals surface area contributed by atoms with Crippen LogP contribution in [-0.2, 0) is 11.8 Å². The van der Waals surface area contributed by atoms with E-state index in [0.717, 1.165) is 5.56 Å². The van der Waals surface area contributed by atoms with E-state index in [1.54, 1.807) is 48.4 Å². The molecule has 182 valence electrons. The van der Waals surface area contributed by atoms with Crippen LogP contribution in [0.1, 0.15) is 15.9 Å². The Morgan fingerprint density at radius 1 is 1.24 bits per heavy atom. The molecule has 0 fully saturated rings. The smallest absolute Gasteiger partial charge is 0.490 e. The van der Waals surface area contributed by atoms with Crippen LogP contribution >= 0.6 is 11.6 Å². The first-order chi connectivity index (χ1) is 15.9. The van der Waals surface area contributed by atoms with Gasteiger partial charge in [-0.1, -0.05) is 11.6 Å². The number of hydrogen-bond acceptors (Lipinski definition) is 6. The van der Waals surface area contributed by atoms with E-state index in [1.807, 2.05) is 6.92 Å². The van der Waals surface area contributed by atoms with Gasteiger partial charge in [0.05, 0.1) is 22.5 Å². The van der Waals surface area contributed by atoms with E-state index in [2.05, 4.69) is 15.4 Å². The first-order valence-electron chi connectivity index (χ1n) is 9.62. The summed E-state index contributed by atoms with van der Waals surface area (Å²) in [6.45, 7) is 2.64. The van der Waals surface area contributed by atoms with E-state index in [9.17, 15) is 18.0 Å². The highest BCUT2D eigenvalue weighted by Crippen LogP contribution is 2.36. The summed E-state index contributed by atoms with van der Waals surface area (Å²) in [7, 11) is 1.79. The molecule has 2 heterocycles. The molecule has 0 radical (unpaired) electrons. The van der Waals surface area contributed by atoms with Crippen LogP contribution in [0.3, 0.4) is 0 Å². The molecule has 0 saturated carbocycles. The Kier molecular flexibility index (Phi) is 8.98. The van der Waals surface area contributed by atoms with E-state index in [4.69, 9.17) is 32.0 Å². The standard InChI is InChI=1S/C19H20ClN5O2.C2HF3O2/c1-12-7-13(10-22-9-12)19(26)24-14-3-4-17(27-6-5-21)15(8-14)18-16(20)11-23-25(18)2;3-2(4,5)1(6)7/h3-4,7-11H,5-6,21H2,1-2H3,(H,24,26);(H,6,7). The van der Waals surface area contributed by atoms with Crippen molar-refractivity contribution in [1.29, 1.82) is 0 Å². The van der Waals surface area contributed by atoms with Crippen molar-refractivity contribution in [1.82, 2.24) is 14.8 Å². The van der Waals surface area contributed by atoms with Gasteiger partial charge in [0, 0.05) is 37.2 Å². The van der Waals surface area contributed by atoms with Gasteiger partial charge < -0.3 is 20.9 Å². The molecule has 0 saturated heterocycles. The number of aromatic nitrogens is 3. The molecule has 3 aromatic rings. The van der Waals surface area contributed by atoms with Crippen molar-refractivity contribution in [3.8, 4) is 17.0 Å². The molecule has 9 nitrogen and oxygen atoms in total. The summed E-state index contributed by atoms with van der Waals surface area (Å²) in [4.78, 5) is 25.5. The number of pyridine rings is 1. The van der Waals surface area contributed by atoms with Gasteiger partial charge in [-0.05, 0) is 36.8 Å². The van der Waals surface area contributed by atoms with E-state index < -0.39 is 12.1 Å². The van der Waals surface area contributed by atoms with Crippen molar-refractivity contribution in [2.24, 2.45) is 12.8 Å². The van der Waals surface area contributed by atoms with Gasteiger partial charge in [0.25, 0.3) is 5.91 Å². The molecular weight excluding hydrogens is 479 g/mol. The molecule has 0 spiro atoms. The predicted octanol–water partition coefficient (Wildman–Crippen LogP) is 3.67. The summed E-state index contributed by atoms with van der Waals surface area (Å²) in [6, 6.07) is 7.12. The zero-order chi connectivity index (χ0) is 25.5. The predicted molar refractivity (Wildman–Crippen MR) is 119 cm³/mol. The van der Waals surface area contributed by atoms with Gasteiger partial charge in [-0.15, -0.1) is 0 Å². The lowest BCUT2D eigenvalue weighted by Gasteiger charge is -2.14. The SMILES string of the molecule is Cc1cncc(C(=O)Nc2ccc(OCCN)c(-c3c(Cl)cnn3C)c2)c1.O=C(O)C(F)(F)F. The highest BCUT2D eigenvalue weighted by Gasteiger charge is 2.38. The van der Waals surface area contributed by atoms with Gasteiger partial charge in [-0.2, -0.15) is 18.3 Å². The Balaban J connectivity index is 0.000000509. The zero-order valence-corrected chi connectivity index (χ0v) is 18.8. The molecule has 1 amide bonds. The Bertz CT molecular complexity index is 1150. The first-order valence-corrected chi connectivity index (χ1v) is 9.99. The summed E-state index contributed by atoms with van der Waals surface area (Å²) in [6.07, 6.45) is -0.296. The van der Waals surface area contributed by atoms with Crippen LogP contribution in [0.4, 0.5) is 18.9 Å². The summed E-state index contributed by atoms with van der Waals surface area (Å²) < 4.78 is 39.1. The van der Waals surface area contributed by atoms with Crippen LogP contribution in [0.15, 0.2) is 42.9 Å². The number of nitrogens with one attached hydrogen (secondary N) is 1. The number of hydrogen-bond donors (Lipinski definition) is 3. The minimum atomic E-state index is -5.08. The number of rotatable bonds is 6. The molecule has 0 aliphatic carbocycles. The van der Waals surface area contributed by atoms with Crippen LogP contribution in [0.2, 0.25) is 5.02 Å². The van der Waals surface area contributed by atoms with Gasteiger partial charge in [-0.3, -0.25) is 14.5 Å². The lowest BCUT2D eigenvalue weighted by Crippen LogP contribution is -2.21. The third-order valence-electron chi connectivity index (χ3n) is 4.14. The number of carbonyl (C=O) groups excluding carboxylic acids is 1. The quantitative estimate of drug-likeness (QED) is 0.471. The lowest BCUT2D eigenvalue weighted by molar-refractivity contribution is -0.192. The maximum atomic E-state index is 12.5. The van der Waals surface area contributed by atoms with Crippen molar-refractivity contribution >= 4 is 29.2 Å². The number of carboxylic acids is 1. The third-order valence-corrected chi connectivity index (χ3v) is 4.42. The normalized spacial score (nSPS) is 10.8. The minimum Gasteiger partial charge on any atom is -0.492 e. The van der Waals surface area contributed by atoms with Crippen molar-refractivity contribution in [2.75, 3.05) is 18.5 Å². The van der Waals surface area contributed by atoms with Crippen LogP contribution in [0.25, 0.3) is 11.3 Å². The molecule has 0 aliphatic heterocycles. The Labute approximate surface area is 197 Å². The fourth-order valence-electron chi connectivity index (χ4n) is 2.68. The second-order valence-electron chi connectivity index (χ2n) is 6.82. The number of nitrogens with two attached hydrogens (primary N) is 1. The Morgan fingerprint density at radius 2 is 1.91 bits per heavy atom. The topological polar surface area (TPSA) is 132 Å². The van der Waals surface area contributed by atoms with E-state index in [0.29, 0.717) is 46.4 Å². The van der Waals surface area contributed by atoms with Crippen LogP contribution in [0, 0.1) is 6.92 Å². The molecule has 0 bridgehead atoms. The average molecular weight is 500 g/mol. The minimum absolute atomic E-state index is 0.246. The number of aryl methyl sites for hydroxylation is 2. The molecule has 4 N–H and O–H groups in total. The second-order valence-corrected chi connectivity index (χ2v) is 7.23. The van der Waals surface area contributed by atoms with E-state index in [-0.39, 0.29) is 5.91 Å². The number of anilines is 1. The summed E-state index contributed by atoms with van der Waals surface area (Å²) in [5, 5.41) is 14.7. The molecule has 2 aromatic heterocycles. The highest BCUT2D eigenvalue weighted by molar-refractivity contribution is 6.33. The average Bonchev–Trinajstić information content (AvgIpc) is 3.10. The number of halogens is 4. The lowest BCUT2D eigenvalue weighted by atomic mass is 10.1. The zero-order valence-electron chi connectivity index (χ0n) is 18.1. The molecule has 0 aliphatic rings. The van der Waals surface area contributed by atoms with Gasteiger partial charge in [0.15, 0.2) is 0 Å². The number of carboxylic acid groups (broad SMARTS) is 1. The third kappa shape index (κ3) is 7.18. The van der Waals surface area contributed by atoms with Crippen molar-refractivity contribution in [2.45, 2.75) is 13.1 Å². The number of ether oxygens (including phenoxy) is 1. The fourth-order valence-corrected chi connectivity index (χ4v) is 2.95. The summed E-state index contributed by atoms with van der Waals surface area (Å²) in [5.74, 6) is -2.39. The summed E-state index contributed by atoms with van der Waals surface area (Å²) >= 11 is 6.30. The molecule has 3 rings (SSSR count). The monoisotopic (exact) mass is 499 g/mol. The highest BCUT2D eigenvalue weighted by atomic mass is 35.5. The molecule has 13 heteroatoms. The van der Waals surface area contributed by atoms with Gasteiger partial charge >= 0.3 is 12.1 Å². The molecule has 1 aromatic carbocycles. The van der Waals surface area contributed by atoms with Crippen LogP contribution < -0.4 is 15.8 Å². The van der Waals surface area contributed by atoms with Crippen molar-refractivity contribution < 1.29 is 32.6 Å². The summed E-state index contributed by atoms with van der Waals surface area (Å²) in [5.41, 5.74) is 8.96. The number of carbonyl (C=O) groups is 2. The number of benzene rings is 1. The molecular formula is C21H21ClF3N5O4. The number of alkyl halides is 3. The largest absolute Gasteiger partial charge is 0.492 e. The van der Waals surface area contributed by atoms with Crippen LogP contribution in [-0.4, -0.2) is 51.1 Å². The maximum Gasteiger partial charge on any atom is 0.490 e. The number of aliphatic carboxylic acids is 1. The van der Waals surface area contributed by atoms with Crippen molar-refractivity contribution in [3.63, 3.8) is 0 Å². The second kappa shape index (κ2) is 11.5. The maximum absolute atomic E-state index is 12.5. The number of amides is 1. The fraction of sp³-hybridized carbons (Fsp3) is 0.238. The first kappa shape index (κ1) is 26.6. The van der Waals surface area contributed by atoms with Crippen LogP contribution in [0.5, 0.6) is 5.75 Å². The molecule has 34 heavy (non-hydrogen) atoms.